The van der Waals surface area contributed by atoms with Gasteiger partial charge in [-0.15, -0.1) is 11.3 Å². The van der Waals surface area contributed by atoms with Crippen LogP contribution in [0.25, 0.3) is 69.6 Å². The van der Waals surface area contributed by atoms with Gasteiger partial charge in [-0.2, -0.15) is 0 Å². The second-order valence-corrected chi connectivity index (χ2v) is 10.1. The lowest BCUT2D eigenvalue weighted by atomic mass is 10.1. The Kier molecular flexibility index (Phi) is 3.63. The Morgan fingerprint density at radius 1 is 0.588 bits per heavy atom. The van der Waals surface area contributed by atoms with E-state index >= 15 is 0 Å². The van der Waals surface area contributed by atoms with E-state index in [1.807, 2.05) is 29.5 Å². The third kappa shape index (κ3) is 2.30. The fourth-order valence-electron chi connectivity index (χ4n) is 5.50. The van der Waals surface area contributed by atoms with Crippen LogP contribution >= 0.6 is 22.9 Å². The van der Waals surface area contributed by atoms with Crippen molar-refractivity contribution in [1.82, 2.24) is 4.57 Å². The van der Waals surface area contributed by atoms with Crippen LogP contribution in [0.3, 0.4) is 0 Å². The number of fused-ring (bicyclic) bond motifs is 10. The summed E-state index contributed by atoms with van der Waals surface area (Å²) in [5.74, 6) is 0. The molecular weight excluding hydrogens is 458 g/mol. The van der Waals surface area contributed by atoms with Gasteiger partial charge in [-0.05, 0) is 42.5 Å². The minimum absolute atomic E-state index is 0.710. The summed E-state index contributed by atoms with van der Waals surface area (Å²) in [5, 5.41) is 7.88. The topological polar surface area (TPSA) is 18.1 Å². The van der Waals surface area contributed by atoms with Crippen molar-refractivity contribution in [2.24, 2.45) is 0 Å². The van der Waals surface area contributed by atoms with Crippen molar-refractivity contribution in [1.29, 1.82) is 0 Å². The molecule has 4 heteroatoms. The molecule has 0 radical (unpaired) electrons. The van der Waals surface area contributed by atoms with Crippen molar-refractivity contribution in [3.05, 3.63) is 102 Å². The standard InChI is InChI=1S/C30H16ClNOS/c31-20-10-6-13-24-27(20)19-9-5-12-23(30(19)33-24)32-21-11-3-1-7-17(21)28-22(32)15-16-26-29(28)18-8-2-4-14-25(18)34-26/h1-16H. The van der Waals surface area contributed by atoms with Gasteiger partial charge in [0, 0.05) is 41.7 Å². The predicted molar refractivity (Wildman–Crippen MR) is 146 cm³/mol. The van der Waals surface area contributed by atoms with E-state index in [1.165, 1.54) is 42.0 Å². The lowest BCUT2D eigenvalue weighted by Gasteiger charge is -2.08. The Balaban J connectivity index is 1.60. The molecule has 0 saturated heterocycles. The highest BCUT2D eigenvalue weighted by molar-refractivity contribution is 7.26. The molecule has 0 aliphatic heterocycles. The smallest absolute Gasteiger partial charge is 0.159 e. The van der Waals surface area contributed by atoms with Crippen molar-refractivity contribution in [2.75, 3.05) is 0 Å². The van der Waals surface area contributed by atoms with Crippen LogP contribution < -0.4 is 0 Å². The van der Waals surface area contributed by atoms with Crippen molar-refractivity contribution >= 4 is 86.9 Å². The summed E-state index contributed by atoms with van der Waals surface area (Å²) in [6.45, 7) is 0. The number of thiophene rings is 1. The Bertz CT molecular complexity index is 2090. The second kappa shape index (κ2) is 6.63. The van der Waals surface area contributed by atoms with Gasteiger partial charge in [-0.1, -0.05) is 66.2 Å². The van der Waals surface area contributed by atoms with E-state index in [0.717, 1.165) is 27.6 Å². The fraction of sp³-hybridized carbons (Fsp3) is 0. The SMILES string of the molecule is Clc1cccc2oc3c(-n4c5ccccc5c5c6c(ccc54)sc4ccccc46)cccc3c12. The first kappa shape index (κ1) is 18.6. The quantitative estimate of drug-likeness (QED) is 0.232. The zero-order valence-corrected chi connectivity index (χ0v) is 19.5. The van der Waals surface area contributed by atoms with E-state index in [1.54, 1.807) is 0 Å². The lowest BCUT2D eigenvalue weighted by Crippen LogP contribution is -1.94. The van der Waals surface area contributed by atoms with E-state index < -0.39 is 0 Å². The number of nitrogens with zero attached hydrogens (tertiary/aromatic N) is 1. The molecule has 0 spiro atoms. The van der Waals surface area contributed by atoms with Crippen LogP contribution in [0.5, 0.6) is 0 Å². The monoisotopic (exact) mass is 473 g/mol. The summed E-state index contributed by atoms with van der Waals surface area (Å²) in [7, 11) is 0. The second-order valence-electron chi connectivity index (χ2n) is 8.65. The molecule has 0 N–H and O–H groups in total. The summed E-state index contributed by atoms with van der Waals surface area (Å²) >= 11 is 8.44. The molecule has 2 nitrogen and oxygen atoms in total. The Labute approximate surface area is 203 Å². The van der Waals surface area contributed by atoms with Gasteiger partial charge >= 0.3 is 0 Å². The molecule has 8 aromatic rings. The predicted octanol–water partition coefficient (Wildman–Crippen LogP) is 9.70. The maximum atomic E-state index is 6.59. The lowest BCUT2D eigenvalue weighted by molar-refractivity contribution is 0.666. The number of furan rings is 1. The number of hydrogen-bond donors (Lipinski definition) is 0. The summed E-state index contributed by atoms with van der Waals surface area (Å²) in [4.78, 5) is 0. The van der Waals surface area contributed by atoms with Crippen LogP contribution in [0.2, 0.25) is 5.02 Å². The number of para-hydroxylation sites is 2. The van der Waals surface area contributed by atoms with Gasteiger partial charge in [0.1, 0.15) is 5.58 Å². The van der Waals surface area contributed by atoms with E-state index in [0.29, 0.717) is 5.02 Å². The zero-order valence-electron chi connectivity index (χ0n) is 17.9. The molecule has 3 heterocycles. The molecule has 160 valence electrons. The molecule has 8 rings (SSSR count). The van der Waals surface area contributed by atoms with Crippen LogP contribution in [0.15, 0.2) is 101 Å². The molecule has 0 amide bonds. The molecule has 0 atom stereocenters. The molecular formula is C30H16ClNOS. The number of hydrogen-bond acceptors (Lipinski definition) is 2. The first-order valence-corrected chi connectivity index (χ1v) is 12.4. The molecule has 34 heavy (non-hydrogen) atoms. The number of aromatic nitrogens is 1. The first-order chi connectivity index (χ1) is 16.8. The van der Waals surface area contributed by atoms with Crippen LogP contribution in [0.4, 0.5) is 0 Å². The minimum atomic E-state index is 0.710. The highest BCUT2D eigenvalue weighted by Crippen LogP contribution is 2.44. The summed E-state index contributed by atoms with van der Waals surface area (Å²) in [5.41, 5.74) is 5.02. The number of halogens is 1. The van der Waals surface area contributed by atoms with Crippen LogP contribution in [0.1, 0.15) is 0 Å². The molecule has 0 aliphatic rings. The van der Waals surface area contributed by atoms with Crippen molar-refractivity contribution in [2.45, 2.75) is 0 Å². The summed E-state index contributed by atoms with van der Waals surface area (Å²) in [6, 6.07) is 34.0. The first-order valence-electron chi connectivity index (χ1n) is 11.2. The average molecular weight is 474 g/mol. The van der Waals surface area contributed by atoms with E-state index in [2.05, 4.69) is 83.4 Å². The Morgan fingerprint density at radius 2 is 1.38 bits per heavy atom. The maximum absolute atomic E-state index is 6.59. The van der Waals surface area contributed by atoms with Gasteiger partial charge in [0.25, 0.3) is 0 Å². The highest BCUT2D eigenvalue weighted by Gasteiger charge is 2.20. The average Bonchev–Trinajstić information content (AvgIpc) is 3.53. The molecule has 0 bridgehead atoms. The normalized spacial score (nSPS) is 12.3. The molecule has 0 aliphatic carbocycles. The van der Waals surface area contributed by atoms with Gasteiger partial charge < -0.3 is 8.98 Å². The van der Waals surface area contributed by atoms with Gasteiger partial charge in [-0.3, -0.25) is 0 Å². The van der Waals surface area contributed by atoms with Crippen LogP contribution in [-0.4, -0.2) is 4.57 Å². The molecule has 3 aromatic heterocycles. The Morgan fingerprint density at radius 3 is 2.32 bits per heavy atom. The van der Waals surface area contributed by atoms with E-state index in [4.69, 9.17) is 16.0 Å². The third-order valence-corrected chi connectivity index (χ3v) is 8.32. The molecule has 0 saturated carbocycles. The fourth-order valence-corrected chi connectivity index (χ4v) is 6.88. The molecule has 0 unspecified atom stereocenters. The van der Waals surface area contributed by atoms with Crippen molar-refractivity contribution < 1.29 is 4.42 Å². The van der Waals surface area contributed by atoms with Crippen LogP contribution in [0, 0.1) is 0 Å². The maximum Gasteiger partial charge on any atom is 0.159 e. The minimum Gasteiger partial charge on any atom is -0.454 e. The van der Waals surface area contributed by atoms with Gasteiger partial charge in [0.15, 0.2) is 5.58 Å². The van der Waals surface area contributed by atoms with Gasteiger partial charge in [0.05, 0.1) is 21.7 Å². The zero-order chi connectivity index (χ0) is 22.4. The van der Waals surface area contributed by atoms with Gasteiger partial charge in [-0.25, -0.2) is 0 Å². The third-order valence-electron chi connectivity index (χ3n) is 6.87. The van der Waals surface area contributed by atoms with E-state index in [-0.39, 0.29) is 0 Å². The summed E-state index contributed by atoms with van der Waals surface area (Å²) in [6.07, 6.45) is 0. The van der Waals surface area contributed by atoms with E-state index in [9.17, 15) is 0 Å². The molecule has 5 aromatic carbocycles. The van der Waals surface area contributed by atoms with Crippen molar-refractivity contribution in [3.63, 3.8) is 0 Å². The molecule has 0 fully saturated rings. The Hall–Kier alpha value is -3.79. The largest absolute Gasteiger partial charge is 0.454 e. The number of rotatable bonds is 1. The highest BCUT2D eigenvalue weighted by atomic mass is 35.5. The van der Waals surface area contributed by atoms with Gasteiger partial charge in [0.2, 0.25) is 0 Å². The summed E-state index contributed by atoms with van der Waals surface area (Å²) < 4.78 is 11.4. The van der Waals surface area contributed by atoms with Crippen molar-refractivity contribution in [3.8, 4) is 5.69 Å². The van der Waals surface area contributed by atoms with Crippen LogP contribution in [-0.2, 0) is 0 Å². The number of benzene rings is 5.